The molecule has 0 heterocycles. The van der Waals surface area contributed by atoms with E-state index in [1.54, 1.807) is 0 Å². The zero-order valence-corrected chi connectivity index (χ0v) is 12.3. The van der Waals surface area contributed by atoms with Gasteiger partial charge >= 0.3 is 0 Å². The zero-order chi connectivity index (χ0) is 14.2. The van der Waals surface area contributed by atoms with Gasteiger partial charge in [-0.25, -0.2) is 0 Å². The van der Waals surface area contributed by atoms with Crippen LogP contribution in [0.15, 0.2) is 54.6 Å². The Hall–Kier alpha value is -1.80. The minimum atomic E-state index is 0.594. The van der Waals surface area contributed by atoms with Gasteiger partial charge < -0.3 is 10.1 Å². The van der Waals surface area contributed by atoms with E-state index in [9.17, 15) is 0 Å². The summed E-state index contributed by atoms with van der Waals surface area (Å²) in [5.41, 5.74) is 2.70. The van der Waals surface area contributed by atoms with Crippen molar-refractivity contribution < 1.29 is 4.74 Å². The summed E-state index contributed by atoms with van der Waals surface area (Å²) in [6.45, 7) is 6.85. The first-order valence-corrected chi connectivity index (χ1v) is 7.23. The van der Waals surface area contributed by atoms with Crippen molar-refractivity contribution in [1.82, 2.24) is 5.32 Å². The van der Waals surface area contributed by atoms with Crippen LogP contribution in [0.2, 0.25) is 0 Å². The molecule has 0 bridgehead atoms. The average molecular weight is 269 g/mol. The van der Waals surface area contributed by atoms with E-state index < -0.39 is 0 Å². The summed E-state index contributed by atoms with van der Waals surface area (Å²) < 4.78 is 5.63. The zero-order valence-electron chi connectivity index (χ0n) is 12.3. The molecule has 0 amide bonds. The lowest BCUT2D eigenvalue weighted by Gasteiger charge is -2.09. The molecule has 0 fully saturated rings. The highest BCUT2D eigenvalue weighted by Crippen LogP contribution is 2.14. The van der Waals surface area contributed by atoms with E-state index >= 15 is 0 Å². The van der Waals surface area contributed by atoms with Crippen LogP contribution < -0.4 is 10.1 Å². The lowest BCUT2D eigenvalue weighted by atomic mass is 10.0. The highest BCUT2D eigenvalue weighted by atomic mass is 16.5. The molecule has 106 valence electrons. The van der Waals surface area contributed by atoms with Crippen LogP contribution in [-0.4, -0.2) is 13.2 Å². The Labute approximate surface area is 121 Å². The first kappa shape index (κ1) is 14.6. The van der Waals surface area contributed by atoms with Gasteiger partial charge in [0.05, 0.1) is 0 Å². The van der Waals surface area contributed by atoms with Crippen molar-refractivity contribution in [3.05, 3.63) is 65.7 Å². The summed E-state index contributed by atoms with van der Waals surface area (Å²) in [7, 11) is 0. The third-order valence-corrected chi connectivity index (χ3v) is 3.27. The molecule has 0 aromatic heterocycles. The predicted molar refractivity (Wildman–Crippen MR) is 84.2 cm³/mol. The Morgan fingerprint density at radius 1 is 0.950 bits per heavy atom. The van der Waals surface area contributed by atoms with Gasteiger partial charge in [0, 0.05) is 13.1 Å². The van der Waals surface area contributed by atoms with Gasteiger partial charge in [0.15, 0.2) is 0 Å². The lowest BCUT2D eigenvalue weighted by Crippen LogP contribution is -2.20. The predicted octanol–water partition coefficient (Wildman–Crippen LogP) is 3.98. The van der Waals surface area contributed by atoms with Gasteiger partial charge in [-0.15, -0.1) is 0 Å². The van der Waals surface area contributed by atoms with E-state index in [-0.39, 0.29) is 0 Å². The molecule has 0 spiro atoms. The topological polar surface area (TPSA) is 21.3 Å². The molecular weight excluding hydrogens is 246 g/mol. The van der Waals surface area contributed by atoms with Crippen LogP contribution in [0.25, 0.3) is 0 Å². The summed E-state index contributed by atoms with van der Waals surface area (Å²) in [5.74, 6) is 1.52. The van der Waals surface area contributed by atoms with Crippen molar-refractivity contribution >= 4 is 0 Å². The van der Waals surface area contributed by atoms with Crippen molar-refractivity contribution in [3.8, 4) is 5.75 Å². The van der Waals surface area contributed by atoms with Crippen LogP contribution in [0.5, 0.6) is 5.75 Å². The van der Waals surface area contributed by atoms with E-state index in [1.807, 2.05) is 30.3 Å². The van der Waals surface area contributed by atoms with Crippen LogP contribution in [-0.2, 0) is 6.54 Å². The van der Waals surface area contributed by atoms with Crippen molar-refractivity contribution in [3.63, 3.8) is 0 Å². The molecule has 2 heteroatoms. The number of hydrogen-bond donors (Lipinski definition) is 1. The molecule has 1 N–H and O–H groups in total. The highest BCUT2D eigenvalue weighted by molar-refractivity contribution is 5.24. The molecule has 0 radical (unpaired) electrons. The second-order valence-corrected chi connectivity index (χ2v) is 5.23. The summed E-state index contributed by atoms with van der Waals surface area (Å²) in [6, 6.07) is 18.7. The van der Waals surface area contributed by atoms with Gasteiger partial charge in [0.1, 0.15) is 12.4 Å². The lowest BCUT2D eigenvalue weighted by molar-refractivity contribution is 0.313. The molecule has 2 rings (SSSR count). The fourth-order valence-corrected chi connectivity index (χ4v) is 2.01. The minimum Gasteiger partial charge on any atom is -0.492 e. The van der Waals surface area contributed by atoms with Gasteiger partial charge in [-0.05, 0) is 29.2 Å². The summed E-state index contributed by atoms with van der Waals surface area (Å²) >= 11 is 0. The molecule has 0 aliphatic heterocycles. The minimum absolute atomic E-state index is 0.594. The number of hydrogen-bond acceptors (Lipinski definition) is 2. The van der Waals surface area contributed by atoms with E-state index in [4.69, 9.17) is 4.74 Å². The molecule has 0 aliphatic carbocycles. The Balaban J connectivity index is 1.66. The number of nitrogens with one attached hydrogen (secondary N) is 1. The summed E-state index contributed by atoms with van der Waals surface area (Å²) in [6.07, 6.45) is 0. The fourth-order valence-electron chi connectivity index (χ4n) is 2.01. The molecule has 0 unspecified atom stereocenters. The van der Waals surface area contributed by atoms with Gasteiger partial charge in [-0.1, -0.05) is 56.3 Å². The Bertz CT molecular complexity index is 491. The monoisotopic (exact) mass is 269 g/mol. The average Bonchev–Trinajstić information content (AvgIpc) is 2.48. The van der Waals surface area contributed by atoms with Crippen molar-refractivity contribution in [2.75, 3.05) is 13.2 Å². The molecule has 0 atom stereocenters. The molecular formula is C18H23NO. The second kappa shape index (κ2) is 7.71. The standard InChI is InChI=1S/C18H23NO/c1-15(2)17-10-8-16(9-11-17)14-19-12-13-20-18-6-4-3-5-7-18/h3-11,15,19H,12-14H2,1-2H3. The smallest absolute Gasteiger partial charge is 0.119 e. The molecule has 2 aromatic rings. The van der Waals surface area contributed by atoms with Gasteiger partial charge in [0.2, 0.25) is 0 Å². The van der Waals surface area contributed by atoms with Crippen LogP contribution >= 0.6 is 0 Å². The molecule has 0 saturated carbocycles. The Kier molecular flexibility index (Phi) is 5.63. The fraction of sp³-hybridized carbons (Fsp3) is 0.333. The SMILES string of the molecule is CC(C)c1ccc(CNCCOc2ccccc2)cc1. The van der Waals surface area contributed by atoms with Crippen molar-refractivity contribution in [2.45, 2.75) is 26.3 Å². The first-order chi connectivity index (χ1) is 9.75. The van der Waals surface area contributed by atoms with Crippen molar-refractivity contribution in [1.29, 1.82) is 0 Å². The number of para-hydroxylation sites is 1. The van der Waals surface area contributed by atoms with Crippen LogP contribution in [0.1, 0.15) is 30.9 Å². The summed E-state index contributed by atoms with van der Waals surface area (Å²) in [4.78, 5) is 0. The highest BCUT2D eigenvalue weighted by Gasteiger charge is 1.98. The third kappa shape index (κ3) is 4.71. The van der Waals surface area contributed by atoms with Gasteiger partial charge in [-0.2, -0.15) is 0 Å². The third-order valence-electron chi connectivity index (χ3n) is 3.27. The van der Waals surface area contributed by atoms with Crippen LogP contribution in [0.4, 0.5) is 0 Å². The quantitative estimate of drug-likeness (QED) is 0.768. The van der Waals surface area contributed by atoms with E-state index in [1.165, 1.54) is 11.1 Å². The Morgan fingerprint density at radius 2 is 1.65 bits per heavy atom. The number of rotatable bonds is 7. The molecule has 0 aliphatic rings. The number of ether oxygens (including phenoxy) is 1. The molecule has 2 aromatic carbocycles. The molecule has 20 heavy (non-hydrogen) atoms. The van der Waals surface area contributed by atoms with E-state index in [2.05, 4.69) is 43.4 Å². The largest absolute Gasteiger partial charge is 0.492 e. The normalized spacial score (nSPS) is 10.8. The maximum atomic E-state index is 5.63. The molecule has 0 saturated heterocycles. The summed E-state index contributed by atoms with van der Waals surface area (Å²) in [5, 5.41) is 3.40. The van der Waals surface area contributed by atoms with Gasteiger partial charge in [0.25, 0.3) is 0 Å². The van der Waals surface area contributed by atoms with Crippen LogP contribution in [0.3, 0.4) is 0 Å². The Morgan fingerprint density at radius 3 is 2.30 bits per heavy atom. The second-order valence-electron chi connectivity index (χ2n) is 5.23. The maximum absolute atomic E-state index is 5.63. The van der Waals surface area contributed by atoms with Crippen molar-refractivity contribution in [2.24, 2.45) is 0 Å². The van der Waals surface area contributed by atoms with Crippen LogP contribution in [0, 0.1) is 0 Å². The first-order valence-electron chi connectivity index (χ1n) is 7.23. The van der Waals surface area contributed by atoms with E-state index in [0.29, 0.717) is 12.5 Å². The van der Waals surface area contributed by atoms with Gasteiger partial charge in [-0.3, -0.25) is 0 Å². The van der Waals surface area contributed by atoms with E-state index in [0.717, 1.165) is 18.8 Å². The number of benzene rings is 2. The molecule has 2 nitrogen and oxygen atoms in total. The maximum Gasteiger partial charge on any atom is 0.119 e.